The van der Waals surface area contributed by atoms with Crippen LogP contribution in [-0.2, 0) is 29.0 Å². The average molecular weight is 408 g/mol. The van der Waals surface area contributed by atoms with E-state index in [0.29, 0.717) is 31.6 Å². The van der Waals surface area contributed by atoms with Crippen molar-refractivity contribution in [3.05, 3.63) is 65.0 Å². The van der Waals surface area contributed by atoms with Crippen LogP contribution in [0.2, 0.25) is 0 Å². The SMILES string of the molecule is C=CCn1nc(C(=O)OCC)c2c1CCN(C(=O)C[C@@H]1NC(=O)c3ccccc31)C2. The average Bonchev–Trinajstić information content (AvgIpc) is 3.26. The fourth-order valence-electron chi connectivity index (χ4n) is 4.13. The molecular weight excluding hydrogens is 384 g/mol. The highest BCUT2D eigenvalue weighted by atomic mass is 16.5. The third-order valence-corrected chi connectivity index (χ3v) is 5.52. The van der Waals surface area contributed by atoms with Crippen molar-refractivity contribution in [1.82, 2.24) is 20.0 Å². The van der Waals surface area contributed by atoms with Gasteiger partial charge in [-0.2, -0.15) is 5.10 Å². The van der Waals surface area contributed by atoms with Gasteiger partial charge in [-0.25, -0.2) is 4.79 Å². The van der Waals surface area contributed by atoms with Crippen LogP contribution >= 0.6 is 0 Å². The van der Waals surface area contributed by atoms with Gasteiger partial charge in [-0.05, 0) is 18.6 Å². The number of nitrogens with zero attached hydrogens (tertiary/aromatic N) is 3. The van der Waals surface area contributed by atoms with E-state index in [1.807, 2.05) is 18.2 Å². The van der Waals surface area contributed by atoms with Crippen molar-refractivity contribution >= 4 is 17.8 Å². The molecule has 0 unspecified atom stereocenters. The Morgan fingerprint density at radius 2 is 2.17 bits per heavy atom. The van der Waals surface area contributed by atoms with Gasteiger partial charge in [-0.3, -0.25) is 14.3 Å². The minimum Gasteiger partial charge on any atom is -0.461 e. The van der Waals surface area contributed by atoms with Gasteiger partial charge in [0.05, 0.1) is 25.6 Å². The molecule has 8 heteroatoms. The van der Waals surface area contributed by atoms with Crippen LogP contribution in [0.5, 0.6) is 0 Å². The molecule has 30 heavy (non-hydrogen) atoms. The summed E-state index contributed by atoms with van der Waals surface area (Å²) in [5.41, 5.74) is 3.38. The molecule has 0 spiro atoms. The van der Waals surface area contributed by atoms with E-state index in [0.717, 1.165) is 16.8 Å². The van der Waals surface area contributed by atoms with Crippen molar-refractivity contribution in [3.63, 3.8) is 0 Å². The first-order valence-electron chi connectivity index (χ1n) is 10.1. The summed E-state index contributed by atoms with van der Waals surface area (Å²) < 4.78 is 6.90. The number of aromatic nitrogens is 2. The zero-order valence-corrected chi connectivity index (χ0v) is 16.9. The van der Waals surface area contributed by atoms with Gasteiger partial charge in [-0.1, -0.05) is 24.3 Å². The maximum Gasteiger partial charge on any atom is 0.359 e. The highest BCUT2D eigenvalue weighted by molar-refractivity contribution is 5.99. The van der Waals surface area contributed by atoms with Gasteiger partial charge in [0, 0.05) is 36.3 Å². The molecular formula is C22H24N4O4. The molecule has 3 heterocycles. The van der Waals surface area contributed by atoms with Gasteiger partial charge in [0.1, 0.15) is 0 Å². The van der Waals surface area contributed by atoms with E-state index in [9.17, 15) is 14.4 Å². The van der Waals surface area contributed by atoms with Crippen molar-refractivity contribution in [2.24, 2.45) is 0 Å². The number of carbonyl (C=O) groups is 3. The van der Waals surface area contributed by atoms with Gasteiger partial charge < -0.3 is 15.0 Å². The Bertz CT molecular complexity index is 1030. The third-order valence-electron chi connectivity index (χ3n) is 5.52. The second-order valence-electron chi connectivity index (χ2n) is 7.35. The topological polar surface area (TPSA) is 93.5 Å². The largest absolute Gasteiger partial charge is 0.461 e. The van der Waals surface area contributed by atoms with Gasteiger partial charge in [0.15, 0.2) is 5.69 Å². The maximum atomic E-state index is 13.0. The Morgan fingerprint density at radius 1 is 1.37 bits per heavy atom. The summed E-state index contributed by atoms with van der Waals surface area (Å²) >= 11 is 0. The molecule has 0 aliphatic carbocycles. The molecule has 2 aliphatic rings. The molecule has 0 fully saturated rings. The highest BCUT2D eigenvalue weighted by Crippen LogP contribution is 2.30. The highest BCUT2D eigenvalue weighted by Gasteiger charge is 2.34. The smallest absolute Gasteiger partial charge is 0.359 e. The van der Waals surface area contributed by atoms with Crippen LogP contribution < -0.4 is 5.32 Å². The summed E-state index contributed by atoms with van der Waals surface area (Å²) in [6.45, 7) is 7.05. The standard InChI is InChI=1S/C22H24N4O4/c1-3-10-26-18-9-11-25(13-16(18)20(24-26)22(29)30-4-2)19(27)12-17-14-7-5-6-8-15(14)21(28)23-17/h3,5-8,17H,1,4,9-13H2,2H3,(H,23,28)/t17-/m0/s1. The monoisotopic (exact) mass is 408 g/mol. The molecule has 1 aromatic carbocycles. The molecule has 0 saturated heterocycles. The lowest BCUT2D eigenvalue weighted by Crippen LogP contribution is -2.38. The minimum absolute atomic E-state index is 0.0751. The number of benzene rings is 1. The van der Waals surface area contributed by atoms with E-state index in [1.165, 1.54) is 0 Å². The van der Waals surface area contributed by atoms with E-state index >= 15 is 0 Å². The molecule has 2 aromatic rings. The lowest BCUT2D eigenvalue weighted by molar-refractivity contribution is -0.132. The molecule has 1 atom stereocenters. The number of hydrogen-bond donors (Lipinski definition) is 1. The van der Waals surface area contributed by atoms with Crippen molar-refractivity contribution in [2.75, 3.05) is 13.2 Å². The van der Waals surface area contributed by atoms with Gasteiger partial charge in [0.25, 0.3) is 5.91 Å². The number of hydrogen-bond acceptors (Lipinski definition) is 5. The summed E-state index contributed by atoms with van der Waals surface area (Å²) in [7, 11) is 0. The lowest BCUT2D eigenvalue weighted by atomic mass is 10.0. The zero-order valence-electron chi connectivity index (χ0n) is 16.9. The first-order chi connectivity index (χ1) is 14.5. The van der Waals surface area contributed by atoms with Gasteiger partial charge in [-0.15, -0.1) is 6.58 Å². The van der Waals surface area contributed by atoms with Crippen molar-refractivity contribution in [1.29, 1.82) is 0 Å². The predicted octanol–water partition coefficient (Wildman–Crippen LogP) is 2.01. The Labute approximate surface area is 174 Å². The van der Waals surface area contributed by atoms with Crippen LogP contribution in [0, 0.1) is 0 Å². The van der Waals surface area contributed by atoms with E-state index in [2.05, 4.69) is 17.0 Å². The maximum absolute atomic E-state index is 13.0. The number of rotatable bonds is 6. The third kappa shape index (κ3) is 3.49. The van der Waals surface area contributed by atoms with E-state index in [1.54, 1.807) is 28.6 Å². The number of carbonyl (C=O) groups excluding carboxylic acids is 3. The quantitative estimate of drug-likeness (QED) is 0.583. The van der Waals surface area contributed by atoms with Crippen LogP contribution in [0.15, 0.2) is 36.9 Å². The summed E-state index contributed by atoms with van der Waals surface area (Å²) in [6.07, 6.45) is 2.49. The zero-order chi connectivity index (χ0) is 21.3. The Morgan fingerprint density at radius 3 is 2.93 bits per heavy atom. The van der Waals surface area contributed by atoms with E-state index < -0.39 is 5.97 Å². The molecule has 4 rings (SSSR count). The number of amides is 2. The van der Waals surface area contributed by atoms with Crippen LogP contribution in [0.4, 0.5) is 0 Å². The molecule has 1 N–H and O–H groups in total. The summed E-state index contributed by atoms with van der Waals surface area (Å²) in [4.78, 5) is 39.3. The summed E-state index contributed by atoms with van der Waals surface area (Å²) in [6, 6.07) is 6.98. The van der Waals surface area contributed by atoms with Gasteiger partial charge in [0.2, 0.25) is 5.91 Å². The lowest BCUT2D eigenvalue weighted by Gasteiger charge is -2.29. The Kier molecular flexibility index (Phi) is 5.39. The molecule has 8 nitrogen and oxygen atoms in total. The van der Waals surface area contributed by atoms with Crippen molar-refractivity contribution < 1.29 is 19.1 Å². The fraction of sp³-hybridized carbons (Fsp3) is 0.364. The minimum atomic E-state index is -0.483. The molecule has 2 amide bonds. The predicted molar refractivity (Wildman–Crippen MR) is 109 cm³/mol. The number of allylic oxidation sites excluding steroid dienone is 1. The van der Waals surface area contributed by atoms with Crippen molar-refractivity contribution in [3.8, 4) is 0 Å². The molecule has 0 bridgehead atoms. The molecule has 0 radical (unpaired) electrons. The number of fused-ring (bicyclic) bond motifs is 2. The second kappa shape index (κ2) is 8.14. The number of esters is 1. The van der Waals surface area contributed by atoms with E-state index in [4.69, 9.17) is 4.74 Å². The summed E-state index contributed by atoms with van der Waals surface area (Å²) in [5.74, 6) is -0.712. The first kappa shape index (κ1) is 19.9. The van der Waals surface area contributed by atoms with Crippen LogP contribution in [0.3, 0.4) is 0 Å². The Hall–Kier alpha value is -3.42. The summed E-state index contributed by atoms with van der Waals surface area (Å²) in [5, 5.41) is 7.30. The number of ether oxygens (including phenoxy) is 1. The molecule has 156 valence electrons. The van der Waals surface area contributed by atoms with Gasteiger partial charge >= 0.3 is 5.97 Å². The Balaban J connectivity index is 1.54. The molecule has 0 saturated carbocycles. The molecule has 1 aromatic heterocycles. The second-order valence-corrected chi connectivity index (χ2v) is 7.35. The number of nitrogens with one attached hydrogen (secondary N) is 1. The normalized spacial score (nSPS) is 17.2. The van der Waals surface area contributed by atoms with Crippen LogP contribution in [0.1, 0.15) is 57.1 Å². The fourth-order valence-corrected chi connectivity index (χ4v) is 4.13. The van der Waals surface area contributed by atoms with Crippen molar-refractivity contribution in [2.45, 2.75) is 38.9 Å². The van der Waals surface area contributed by atoms with E-state index in [-0.39, 0.29) is 36.6 Å². The van der Waals surface area contributed by atoms with Crippen LogP contribution in [0.25, 0.3) is 0 Å². The van der Waals surface area contributed by atoms with Crippen LogP contribution in [-0.4, -0.2) is 45.6 Å². The first-order valence-corrected chi connectivity index (χ1v) is 10.1. The molecule has 2 aliphatic heterocycles.